The topological polar surface area (TPSA) is 78.0 Å². The fourth-order valence-corrected chi connectivity index (χ4v) is 2.37. The fourth-order valence-electron chi connectivity index (χ4n) is 2.37. The maximum absolute atomic E-state index is 5.80. The molecule has 0 radical (unpaired) electrons. The van der Waals surface area contributed by atoms with E-state index in [-0.39, 0.29) is 5.95 Å². The van der Waals surface area contributed by atoms with Gasteiger partial charge in [0.05, 0.1) is 12.1 Å². The third-order valence-corrected chi connectivity index (χ3v) is 3.29. The maximum atomic E-state index is 5.80. The lowest BCUT2D eigenvalue weighted by molar-refractivity contribution is 0.210. The molecule has 2 heterocycles. The summed E-state index contributed by atoms with van der Waals surface area (Å²) in [4.78, 5) is 8.63. The Hall–Kier alpha value is -2.60. The van der Waals surface area contributed by atoms with Crippen molar-refractivity contribution in [1.29, 1.82) is 0 Å². The van der Waals surface area contributed by atoms with E-state index >= 15 is 0 Å². The van der Waals surface area contributed by atoms with Crippen molar-refractivity contribution in [3.8, 4) is 0 Å². The van der Waals surface area contributed by atoms with Crippen LogP contribution in [0.25, 0.3) is 11.0 Å². The van der Waals surface area contributed by atoms with Crippen LogP contribution in [-0.4, -0.2) is 34.8 Å². The second-order valence-electron chi connectivity index (χ2n) is 5.00. The van der Waals surface area contributed by atoms with E-state index in [1.54, 1.807) is 13.2 Å². The zero-order chi connectivity index (χ0) is 16.7. The van der Waals surface area contributed by atoms with Crippen molar-refractivity contribution in [1.82, 2.24) is 14.5 Å². The van der Waals surface area contributed by atoms with E-state index in [1.807, 2.05) is 31.3 Å². The third kappa shape index (κ3) is 4.20. The summed E-state index contributed by atoms with van der Waals surface area (Å²) in [6.07, 6.45) is 9.83. The van der Waals surface area contributed by atoms with E-state index in [0.717, 1.165) is 16.6 Å². The van der Waals surface area contributed by atoms with E-state index in [4.69, 9.17) is 10.5 Å². The molecule has 2 aromatic rings. The molecule has 122 valence electrons. The van der Waals surface area contributed by atoms with Crippen LogP contribution < -0.4 is 11.1 Å². The molecule has 0 amide bonds. The molecule has 0 atom stereocenters. The molecule has 0 aromatic carbocycles. The number of hydrogen-bond acceptors (Lipinski definition) is 5. The number of nitrogen functional groups attached to an aromatic ring is 1. The van der Waals surface area contributed by atoms with Crippen molar-refractivity contribution in [2.75, 3.05) is 31.3 Å². The molecule has 0 fully saturated rings. The van der Waals surface area contributed by atoms with Gasteiger partial charge in [0, 0.05) is 26.4 Å². The molecular weight excluding hydrogens is 290 g/mol. The van der Waals surface area contributed by atoms with E-state index in [2.05, 4.69) is 32.5 Å². The smallest absolute Gasteiger partial charge is 0.222 e. The van der Waals surface area contributed by atoms with Gasteiger partial charge >= 0.3 is 0 Å². The minimum Gasteiger partial charge on any atom is -0.383 e. The van der Waals surface area contributed by atoms with Gasteiger partial charge in [-0.2, -0.15) is 4.98 Å². The first-order valence-corrected chi connectivity index (χ1v) is 7.49. The van der Waals surface area contributed by atoms with Crippen LogP contribution in [0.5, 0.6) is 0 Å². The van der Waals surface area contributed by atoms with Crippen LogP contribution in [-0.2, 0) is 11.3 Å². The predicted octanol–water partition coefficient (Wildman–Crippen LogP) is 2.76. The van der Waals surface area contributed by atoms with Gasteiger partial charge in [0.25, 0.3) is 0 Å². The Kier molecular flexibility index (Phi) is 5.94. The summed E-state index contributed by atoms with van der Waals surface area (Å²) in [6, 6.07) is 1.94. The molecule has 3 N–H and O–H groups in total. The second kappa shape index (κ2) is 8.14. The summed E-state index contributed by atoms with van der Waals surface area (Å²) in [6.45, 7) is 7.70. The summed E-state index contributed by atoms with van der Waals surface area (Å²) in [5.41, 5.74) is 8.68. The summed E-state index contributed by atoms with van der Waals surface area (Å²) < 4.78 is 7.17. The van der Waals surface area contributed by atoms with Gasteiger partial charge in [-0.1, -0.05) is 30.9 Å². The van der Waals surface area contributed by atoms with Crippen molar-refractivity contribution in [2.24, 2.45) is 0 Å². The highest BCUT2D eigenvalue weighted by Gasteiger charge is 2.11. The van der Waals surface area contributed by atoms with Crippen LogP contribution in [0.2, 0.25) is 0 Å². The number of aromatic nitrogens is 3. The lowest BCUT2D eigenvalue weighted by atomic mass is 10.2. The molecule has 0 bridgehead atoms. The first-order valence-electron chi connectivity index (χ1n) is 7.49. The SMILES string of the molecule is C=C/C=C(\C=C/C)Cn1ccc2nc(N)nc(NCCOC)c21. The molecule has 0 aliphatic carbocycles. The zero-order valence-electron chi connectivity index (χ0n) is 13.6. The fraction of sp³-hybridized carbons (Fsp3) is 0.294. The van der Waals surface area contributed by atoms with Crippen molar-refractivity contribution in [3.05, 3.63) is 48.7 Å². The first kappa shape index (κ1) is 16.8. The van der Waals surface area contributed by atoms with Gasteiger partial charge < -0.3 is 20.4 Å². The number of fused-ring (bicyclic) bond motifs is 1. The average molecular weight is 313 g/mol. The van der Waals surface area contributed by atoms with Crippen molar-refractivity contribution in [3.63, 3.8) is 0 Å². The Balaban J connectivity index is 2.40. The van der Waals surface area contributed by atoms with Crippen molar-refractivity contribution < 1.29 is 4.74 Å². The largest absolute Gasteiger partial charge is 0.383 e. The maximum Gasteiger partial charge on any atom is 0.222 e. The number of nitrogens with two attached hydrogens (primary N) is 1. The van der Waals surface area contributed by atoms with E-state index in [9.17, 15) is 0 Å². The highest BCUT2D eigenvalue weighted by atomic mass is 16.5. The third-order valence-electron chi connectivity index (χ3n) is 3.29. The second-order valence-corrected chi connectivity index (χ2v) is 5.00. The normalized spacial score (nSPS) is 12.2. The number of nitrogens with zero attached hydrogens (tertiary/aromatic N) is 3. The average Bonchev–Trinajstić information content (AvgIpc) is 2.91. The molecular formula is C17H23N5O. The van der Waals surface area contributed by atoms with Gasteiger partial charge in [0.1, 0.15) is 5.52 Å². The molecule has 0 aliphatic heterocycles. The molecule has 0 spiro atoms. The number of anilines is 2. The number of nitrogens with one attached hydrogen (secondary N) is 1. The van der Waals surface area contributed by atoms with Crippen LogP contribution >= 0.6 is 0 Å². The van der Waals surface area contributed by atoms with E-state index in [1.165, 1.54) is 0 Å². The quantitative estimate of drug-likeness (QED) is 0.579. The molecule has 6 heteroatoms. The van der Waals surface area contributed by atoms with E-state index < -0.39 is 0 Å². The number of hydrogen-bond donors (Lipinski definition) is 2. The molecule has 0 saturated heterocycles. The van der Waals surface area contributed by atoms with Gasteiger partial charge in [-0.15, -0.1) is 0 Å². The lowest BCUT2D eigenvalue weighted by Crippen LogP contribution is -2.12. The van der Waals surface area contributed by atoms with Crippen LogP contribution in [0.15, 0.2) is 48.7 Å². The molecule has 2 aromatic heterocycles. The summed E-state index contributed by atoms with van der Waals surface area (Å²) in [5, 5.41) is 3.26. The minimum atomic E-state index is 0.255. The monoisotopic (exact) mass is 313 g/mol. The number of rotatable bonds is 8. The van der Waals surface area contributed by atoms with Gasteiger partial charge in [-0.3, -0.25) is 0 Å². The molecule has 0 saturated carbocycles. The van der Waals surface area contributed by atoms with Gasteiger partial charge in [-0.05, 0) is 18.6 Å². The Bertz CT molecular complexity index is 730. The highest BCUT2D eigenvalue weighted by molar-refractivity contribution is 5.87. The minimum absolute atomic E-state index is 0.255. The summed E-state index contributed by atoms with van der Waals surface area (Å²) >= 11 is 0. The highest BCUT2D eigenvalue weighted by Crippen LogP contribution is 2.23. The molecule has 0 aliphatic rings. The van der Waals surface area contributed by atoms with Crippen LogP contribution in [0, 0.1) is 0 Å². The van der Waals surface area contributed by atoms with Gasteiger partial charge in [0.15, 0.2) is 5.82 Å². The Morgan fingerprint density at radius 3 is 3.00 bits per heavy atom. The standard InChI is InChI=1S/C17H23N5O/c1-4-6-13(7-5-2)12-22-10-8-14-15(22)16(19-9-11-23-3)21-17(18)20-14/h4-8,10H,1,9,11-12H2,2-3H3,(H3,18,19,20,21)/b7-5-,13-6+. The number of allylic oxidation sites excluding steroid dienone is 5. The Morgan fingerprint density at radius 1 is 1.48 bits per heavy atom. The van der Waals surface area contributed by atoms with Gasteiger partial charge in [0.2, 0.25) is 5.95 Å². The van der Waals surface area contributed by atoms with Crippen molar-refractivity contribution >= 4 is 22.8 Å². The molecule has 2 rings (SSSR count). The molecule has 0 unspecified atom stereocenters. The van der Waals surface area contributed by atoms with Crippen LogP contribution in [0.3, 0.4) is 0 Å². The lowest BCUT2D eigenvalue weighted by Gasteiger charge is -2.11. The van der Waals surface area contributed by atoms with Gasteiger partial charge in [-0.25, -0.2) is 4.98 Å². The summed E-state index contributed by atoms with van der Waals surface area (Å²) in [7, 11) is 1.66. The number of ether oxygens (including phenoxy) is 1. The van der Waals surface area contributed by atoms with Crippen molar-refractivity contribution in [2.45, 2.75) is 13.5 Å². The summed E-state index contributed by atoms with van der Waals surface area (Å²) in [5.74, 6) is 0.971. The zero-order valence-corrected chi connectivity index (χ0v) is 13.6. The Morgan fingerprint density at radius 2 is 2.30 bits per heavy atom. The first-order chi connectivity index (χ1) is 11.2. The van der Waals surface area contributed by atoms with Crippen LogP contribution in [0.1, 0.15) is 6.92 Å². The predicted molar refractivity (Wildman–Crippen MR) is 95.4 cm³/mol. The molecule has 23 heavy (non-hydrogen) atoms. The Labute approximate surface area is 136 Å². The molecule has 6 nitrogen and oxygen atoms in total. The van der Waals surface area contributed by atoms with Crippen LogP contribution in [0.4, 0.5) is 11.8 Å². The van der Waals surface area contributed by atoms with E-state index in [0.29, 0.717) is 25.5 Å². The number of methoxy groups -OCH3 is 1.